The first-order chi connectivity index (χ1) is 9.89. The molecule has 1 aliphatic carbocycles. The van der Waals surface area contributed by atoms with Crippen LogP contribution in [0.4, 0.5) is 0 Å². The second-order valence-corrected chi connectivity index (χ2v) is 7.18. The Morgan fingerprint density at radius 1 is 1.38 bits per heavy atom. The average molecular weight is 297 g/mol. The lowest BCUT2D eigenvalue weighted by atomic mass is 9.94. The minimum Gasteiger partial charge on any atom is -0.368 e. The van der Waals surface area contributed by atoms with Gasteiger partial charge in [-0.05, 0) is 71.0 Å². The molecule has 1 aliphatic rings. The predicted octanol–water partition coefficient (Wildman–Crippen LogP) is 2.52. The molecule has 0 radical (unpaired) electrons. The molecular formula is C17H35N3O. The third-order valence-electron chi connectivity index (χ3n) is 4.49. The predicted molar refractivity (Wildman–Crippen MR) is 89.2 cm³/mol. The summed E-state index contributed by atoms with van der Waals surface area (Å²) >= 11 is 0. The van der Waals surface area contributed by atoms with Gasteiger partial charge in [0.1, 0.15) is 0 Å². The summed E-state index contributed by atoms with van der Waals surface area (Å²) in [6, 6.07) is 0.798. The van der Waals surface area contributed by atoms with Crippen molar-refractivity contribution in [3.8, 4) is 0 Å². The Morgan fingerprint density at radius 3 is 2.52 bits per heavy atom. The van der Waals surface area contributed by atoms with E-state index in [2.05, 4.69) is 31.0 Å². The van der Waals surface area contributed by atoms with Crippen LogP contribution < -0.4 is 11.1 Å². The van der Waals surface area contributed by atoms with E-state index in [1.165, 1.54) is 25.8 Å². The Kier molecular flexibility index (Phi) is 7.67. The second kappa shape index (κ2) is 8.74. The largest absolute Gasteiger partial charge is 0.368 e. The summed E-state index contributed by atoms with van der Waals surface area (Å²) in [5.41, 5.74) is 5.03. The van der Waals surface area contributed by atoms with Gasteiger partial charge in [-0.3, -0.25) is 4.79 Å². The molecule has 1 fully saturated rings. The molecular weight excluding hydrogens is 262 g/mol. The van der Waals surface area contributed by atoms with Crippen molar-refractivity contribution in [2.45, 2.75) is 77.8 Å². The summed E-state index contributed by atoms with van der Waals surface area (Å²) in [7, 11) is 0. The van der Waals surface area contributed by atoms with Crippen molar-refractivity contribution in [2.75, 3.05) is 19.6 Å². The molecule has 1 saturated carbocycles. The van der Waals surface area contributed by atoms with Crippen LogP contribution in [0.2, 0.25) is 0 Å². The molecule has 4 nitrogen and oxygen atoms in total. The molecule has 21 heavy (non-hydrogen) atoms. The molecule has 0 heterocycles. The first kappa shape index (κ1) is 18.4. The zero-order chi connectivity index (χ0) is 15.9. The Morgan fingerprint density at radius 2 is 2.05 bits per heavy atom. The number of rotatable bonds is 12. The lowest BCUT2D eigenvalue weighted by molar-refractivity contribution is -0.124. The maximum atomic E-state index is 11.7. The molecule has 1 amide bonds. The van der Waals surface area contributed by atoms with Crippen molar-refractivity contribution in [3.63, 3.8) is 0 Å². The highest BCUT2D eigenvalue weighted by molar-refractivity contribution is 5.84. The van der Waals surface area contributed by atoms with E-state index in [1.807, 2.05) is 6.92 Å². The van der Waals surface area contributed by atoms with Gasteiger partial charge in [-0.1, -0.05) is 20.8 Å². The molecule has 0 aliphatic heterocycles. The van der Waals surface area contributed by atoms with E-state index in [1.54, 1.807) is 0 Å². The van der Waals surface area contributed by atoms with E-state index in [0.717, 1.165) is 44.3 Å². The van der Waals surface area contributed by atoms with Crippen molar-refractivity contribution >= 4 is 5.91 Å². The van der Waals surface area contributed by atoms with Gasteiger partial charge in [-0.2, -0.15) is 0 Å². The Balaban J connectivity index is 2.38. The highest BCUT2D eigenvalue weighted by Gasteiger charge is 2.32. The molecule has 0 saturated heterocycles. The number of nitrogens with two attached hydrogens (primary N) is 1. The molecule has 1 atom stereocenters. The molecule has 3 N–H and O–H groups in total. The number of hydrogen-bond acceptors (Lipinski definition) is 3. The normalized spacial score (nSPS) is 18.2. The second-order valence-electron chi connectivity index (χ2n) is 7.18. The van der Waals surface area contributed by atoms with Gasteiger partial charge in [0.2, 0.25) is 5.91 Å². The summed E-state index contributed by atoms with van der Waals surface area (Å²) < 4.78 is 0. The van der Waals surface area contributed by atoms with Crippen molar-refractivity contribution in [1.29, 1.82) is 0 Å². The van der Waals surface area contributed by atoms with Crippen LogP contribution in [0, 0.1) is 5.92 Å². The first-order valence-electron chi connectivity index (χ1n) is 8.68. The molecule has 0 aromatic carbocycles. The van der Waals surface area contributed by atoms with Crippen molar-refractivity contribution in [1.82, 2.24) is 10.2 Å². The van der Waals surface area contributed by atoms with Gasteiger partial charge in [-0.15, -0.1) is 0 Å². The summed E-state index contributed by atoms with van der Waals surface area (Å²) in [5.74, 6) is 0.532. The maximum Gasteiger partial charge on any atom is 0.237 e. The highest BCUT2D eigenvalue weighted by atomic mass is 16.1. The van der Waals surface area contributed by atoms with E-state index < -0.39 is 5.54 Å². The SMILES string of the molecule is CCCNC(C)(CCCN(CCC(C)C)C1CC1)C(N)=O. The van der Waals surface area contributed by atoms with Gasteiger partial charge in [0, 0.05) is 6.04 Å². The van der Waals surface area contributed by atoms with E-state index in [-0.39, 0.29) is 5.91 Å². The Hall–Kier alpha value is -0.610. The molecule has 1 rings (SSSR count). The van der Waals surface area contributed by atoms with E-state index in [0.29, 0.717) is 0 Å². The number of hydrogen-bond donors (Lipinski definition) is 2. The van der Waals surface area contributed by atoms with Gasteiger partial charge in [0.25, 0.3) is 0 Å². The summed E-state index contributed by atoms with van der Waals surface area (Å²) in [4.78, 5) is 14.3. The van der Waals surface area contributed by atoms with Crippen LogP contribution in [0.15, 0.2) is 0 Å². The van der Waals surface area contributed by atoms with Crippen LogP contribution in [0.3, 0.4) is 0 Å². The van der Waals surface area contributed by atoms with Crippen LogP contribution in [-0.2, 0) is 4.79 Å². The fourth-order valence-electron chi connectivity index (χ4n) is 2.68. The zero-order valence-electron chi connectivity index (χ0n) is 14.5. The quantitative estimate of drug-likeness (QED) is 0.582. The third-order valence-corrected chi connectivity index (χ3v) is 4.49. The van der Waals surface area contributed by atoms with E-state index in [9.17, 15) is 4.79 Å². The number of carbonyl (C=O) groups is 1. The van der Waals surface area contributed by atoms with Gasteiger partial charge in [0.15, 0.2) is 0 Å². The van der Waals surface area contributed by atoms with Crippen molar-refractivity contribution < 1.29 is 4.79 Å². The maximum absolute atomic E-state index is 11.7. The lowest BCUT2D eigenvalue weighted by Crippen LogP contribution is -2.53. The molecule has 124 valence electrons. The van der Waals surface area contributed by atoms with E-state index in [4.69, 9.17) is 5.73 Å². The van der Waals surface area contributed by atoms with Crippen LogP contribution in [0.1, 0.15) is 66.2 Å². The standard InChI is InChI=1S/C17H35N3O/c1-5-11-19-17(4,16(18)21)10-6-12-20(15-7-8-15)13-9-14(2)3/h14-15,19H,5-13H2,1-4H3,(H2,18,21). The average Bonchev–Trinajstić information content (AvgIpc) is 3.24. The smallest absolute Gasteiger partial charge is 0.237 e. The van der Waals surface area contributed by atoms with Gasteiger partial charge < -0.3 is 16.0 Å². The Bertz CT molecular complexity index is 315. The van der Waals surface area contributed by atoms with E-state index >= 15 is 0 Å². The molecule has 4 heteroatoms. The van der Waals surface area contributed by atoms with Gasteiger partial charge in [-0.25, -0.2) is 0 Å². The molecule has 0 spiro atoms. The van der Waals surface area contributed by atoms with Gasteiger partial charge in [0.05, 0.1) is 5.54 Å². The molecule has 0 bridgehead atoms. The zero-order valence-corrected chi connectivity index (χ0v) is 14.5. The lowest BCUT2D eigenvalue weighted by Gasteiger charge is -2.29. The fourth-order valence-corrected chi connectivity index (χ4v) is 2.68. The number of carbonyl (C=O) groups excluding carboxylic acids is 1. The third kappa shape index (κ3) is 6.79. The Labute approximate surface area is 130 Å². The molecule has 0 aromatic rings. The van der Waals surface area contributed by atoms with Crippen LogP contribution in [-0.4, -0.2) is 42.0 Å². The summed E-state index contributed by atoms with van der Waals surface area (Å²) in [5, 5.41) is 3.32. The summed E-state index contributed by atoms with van der Waals surface area (Å²) in [6.45, 7) is 11.7. The summed E-state index contributed by atoms with van der Waals surface area (Å²) in [6.07, 6.45) is 6.83. The van der Waals surface area contributed by atoms with Crippen LogP contribution in [0.5, 0.6) is 0 Å². The minimum absolute atomic E-state index is 0.226. The number of primary amides is 1. The minimum atomic E-state index is -0.552. The number of nitrogens with one attached hydrogen (secondary N) is 1. The first-order valence-corrected chi connectivity index (χ1v) is 8.68. The van der Waals surface area contributed by atoms with Crippen molar-refractivity contribution in [3.05, 3.63) is 0 Å². The monoisotopic (exact) mass is 297 g/mol. The van der Waals surface area contributed by atoms with Gasteiger partial charge >= 0.3 is 0 Å². The molecule has 0 aromatic heterocycles. The molecule has 1 unspecified atom stereocenters. The number of nitrogens with zero attached hydrogens (tertiary/aromatic N) is 1. The van der Waals surface area contributed by atoms with Crippen LogP contribution in [0.25, 0.3) is 0 Å². The van der Waals surface area contributed by atoms with Crippen LogP contribution >= 0.6 is 0 Å². The fraction of sp³-hybridized carbons (Fsp3) is 0.941. The van der Waals surface area contributed by atoms with Crippen molar-refractivity contribution in [2.24, 2.45) is 11.7 Å². The topological polar surface area (TPSA) is 58.4 Å². The number of amides is 1. The highest BCUT2D eigenvalue weighted by Crippen LogP contribution is 2.28.